The van der Waals surface area contributed by atoms with Crippen LogP contribution in [0.15, 0.2) is 64.4 Å². The summed E-state index contributed by atoms with van der Waals surface area (Å²) in [5.41, 5.74) is 0. The van der Waals surface area contributed by atoms with Gasteiger partial charge in [0.25, 0.3) is 0 Å². The van der Waals surface area contributed by atoms with Crippen LogP contribution in [0.1, 0.15) is 0 Å². The van der Waals surface area contributed by atoms with Crippen LogP contribution in [-0.2, 0) is 0 Å². The summed E-state index contributed by atoms with van der Waals surface area (Å²) in [6.07, 6.45) is 0. The van der Waals surface area contributed by atoms with E-state index in [1.165, 1.54) is 9.79 Å². The van der Waals surface area contributed by atoms with Crippen molar-refractivity contribution in [2.45, 2.75) is 9.79 Å². The van der Waals surface area contributed by atoms with E-state index in [4.69, 9.17) is 0 Å². The average Bonchev–Trinajstić information content (AvgIpc) is 2.21. The molecular weight excluding hydrogens is 280 g/mol. The second-order valence-electron chi connectivity index (χ2n) is 2.65. The van der Waals surface area contributed by atoms with Gasteiger partial charge in [0.2, 0.25) is 0 Å². The molecule has 2 aromatic carbocycles. The maximum absolute atomic E-state index is 3.01. The quantitative estimate of drug-likeness (QED) is 0.565. The van der Waals surface area contributed by atoms with Crippen molar-refractivity contribution in [2.24, 2.45) is 0 Å². The molecule has 2 aromatic rings. The van der Waals surface area contributed by atoms with Crippen molar-refractivity contribution < 1.29 is 17.0 Å². The molecule has 15 heavy (non-hydrogen) atoms. The molecule has 0 saturated heterocycles. The zero-order chi connectivity index (χ0) is 8.93. The van der Waals surface area contributed by atoms with Crippen LogP contribution in [0.3, 0.4) is 0 Å². The van der Waals surface area contributed by atoms with E-state index in [0.717, 1.165) is 0 Å². The first-order chi connectivity index (χ1) is 6.45. The molecule has 0 saturated carbocycles. The Morgan fingerprint density at radius 3 is 1.93 bits per heavy atom. The number of rotatable bonds is 2. The monoisotopic (exact) mass is 288 g/mol. The number of hydrogen-bond donors (Lipinski definition) is 0. The van der Waals surface area contributed by atoms with E-state index in [-0.39, 0.29) is 40.0 Å². The minimum Gasteiger partial charge on any atom is -1.00 e. The summed E-state index contributed by atoms with van der Waals surface area (Å²) in [5.74, 6) is 0. The molecule has 2 rings (SSSR count). The third kappa shape index (κ3) is 5.07. The molecule has 3 heteroatoms. The van der Waals surface area contributed by atoms with Crippen molar-refractivity contribution in [1.82, 2.24) is 0 Å². The van der Waals surface area contributed by atoms with E-state index in [9.17, 15) is 0 Å². The van der Waals surface area contributed by atoms with Gasteiger partial charge in [0.1, 0.15) is 0 Å². The molecule has 0 unspecified atom stereocenters. The molecule has 72 valence electrons. The van der Waals surface area contributed by atoms with Crippen LogP contribution >= 0.6 is 11.8 Å². The Morgan fingerprint density at radius 1 is 0.800 bits per heavy atom. The fraction of sp³-hybridized carbons (Fsp3) is 0. The molecule has 0 fully saturated rings. The molecule has 0 aromatic heterocycles. The summed E-state index contributed by atoms with van der Waals surface area (Å²) in [6.45, 7) is 0. The largest absolute Gasteiger partial charge is 2.00 e. The standard InChI is InChI=1S/C12H9S.BrH.Mg/c1-3-7-11(8-4-1)13-12-9-5-2-6-10-12;;/h1,3-10H;1H;/q-1;;+2/p-1. The molecule has 0 radical (unpaired) electrons. The summed E-state index contributed by atoms with van der Waals surface area (Å²) >= 11 is 1.77. The van der Waals surface area contributed by atoms with E-state index < -0.39 is 0 Å². The second kappa shape index (κ2) is 8.22. The average molecular weight is 289 g/mol. The van der Waals surface area contributed by atoms with Gasteiger partial charge < -0.3 is 17.0 Å². The molecule has 0 heterocycles. The first-order valence-corrected chi connectivity index (χ1v) is 4.96. The molecule has 0 aliphatic heterocycles. The third-order valence-electron chi connectivity index (χ3n) is 1.67. The van der Waals surface area contributed by atoms with E-state index >= 15 is 0 Å². The van der Waals surface area contributed by atoms with Gasteiger partial charge in [-0.15, -0.1) is 11.8 Å². The Labute approximate surface area is 121 Å². The van der Waals surface area contributed by atoms with Crippen LogP contribution < -0.4 is 17.0 Å². The fourth-order valence-corrected chi connectivity index (χ4v) is 1.90. The van der Waals surface area contributed by atoms with Crippen LogP contribution in [0.4, 0.5) is 0 Å². The van der Waals surface area contributed by atoms with E-state index in [1.54, 1.807) is 11.8 Å². The van der Waals surface area contributed by atoms with Crippen LogP contribution in [-0.4, -0.2) is 23.1 Å². The molecule has 0 atom stereocenters. The summed E-state index contributed by atoms with van der Waals surface area (Å²) < 4.78 is 0. The van der Waals surface area contributed by atoms with Gasteiger partial charge in [-0.3, -0.25) is 0 Å². The minimum absolute atomic E-state index is 0. The topological polar surface area (TPSA) is 0 Å². The van der Waals surface area contributed by atoms with Crippen molar-refractivity contribution >= 4 is 34.8 Å². The maximum atomic E-state index is 3.01. The minimum atomic E-state index is 0. The van der Waals surface area contributed by atoms with Gasteiger partial charge in [0.05, 0.1) is 0 Å². The van der Waals surface area contributed by atoms with Gasteiger partial charge in [-0.2, -0.15) is 30.3 Å². The first kappa shape index (κ1) is 15.0. The van der Waals surface area contributed by atoms with Crippen LogP contribution in [0.5, 0.6) is 0 Å². The number of hydrogen-bond acceptors (Lipinski definition) is 1. The van der Waals surface area contributed by atoms with Gasteiger partial charge >= 0.3 is 23.1 Å². The summed E-state index contributed by atoms with van der Waals surface area (Å²) in [4.78, 5) is 2.53. The Kier molecular flexibility index (Phi) is 8.24. The molecule has 0 N–H and O–H groups in total. The molecule has 0 aliphatic rings. The van der Waals surface area contributed by atoms with Crippen molar-refractivity contribution in [3.8, 4) is 0 Å². The van der Waals surface area contributed by atoms with E-state index in [1.807, 2.05) is 18.2 Å². The zero-order valence-electron chi connectivity index (χ0n) is 8.19. The summed E-state index contributed by atoms with van der Waals surface area (Å²) in [5, 5.41) is 0. The summed E-state index contributed by atoms with van der Waals surface area (Å²) in [7, 11) is 0. The Balaban J connectivity index is 0.000000980. The van der Waals surface area contributed by atoms with Crippen LogP contribution in [0.25, 0.3) is 0 Å². The van der Waals surface area contributed by atoms with Crippen molar-refractivity contribution in [2.75, 3.05) is 0 Å². The summed E-state index contributed by atoms with van der Waals surface area (Å²) in [6, 6.07) is 21.4. The van der Waals surface area contributed by atoms with Crippen LogP contribution in [0.2, 0.25) is 0 Å². The third-order valence-corrected chi connectivity index (χ3v) is 2.68. The number of benzene rings is 2. The van der Waals surface area contributed by atoms with Gasteiger partial charge in [-0.1, -0.05) is 23.1 Å². The van der Waals surface area contributed by atoms with Gasteiger partial charge in [-0.05, 0) is 12.1 Å². The number of halogens is 1. The molecule has 0 nitrogen and oxygen atoms in total. The predicted molar refractivity (Wildman–Crippen MR) is 61.6 cm³/mol. The fourth-order valence-electron chi connectivity index (χ4n) is 1.06. The Hall–Kier alpha value is 0.0362. The van der Waals surface area contributed by atoms with Crippen molar-refractivity contribution in [3.05, 3.63) is 60.7 Å². The molecule has 0 amide bonds. The van der Waals surface area contributed by atoms with E-state index in [2.05, 4.69) is 42.5 Å². The molecule has 0 spiro atoms. The second-order valence-corrected chi connectivity index (χ2v) is 3.80. The van der Waals surface area contributed by atoms with Gasteiger partial charge in [0.15, 0.2) is 0 Å². The Morgan fingerprint density at radius 2 is 1.33 bits per heavy atom. The smallest absolute Gasteiger partial charge is 1.00 e. The van der Waals surface area contributed by atoms with Crippen molar-refractivity contribution in [1.29, 1.82) is 0 Å². The molecular formula is C12H9BrMgS. The van der Waals surface area contributed by atoms with Gasteiger partial charge in [-0.25, -0.2) is 0 Å². The predicted octanol–water partition coefficient (Wildman–Crippen LogP) is 0.261. The van der Waals surface area contributed by atoms with Crippen LogP contribution in [0, 0.1) is 6.07 Å². The van der Waals surface area contributed by atoms with Crippen molar-refractivity contribution in [3.63, 3.8) is 0 Å². The van der Waals surface area contributed by atoms with E-state index in [0.29, 0.717) is 0 Å². The normalized spacial score (nSPS) is 8.53. The SMILES string of the molecule is [Br-].[Mg+2].[c-]1ccc(Sc2ccccc2)cc1. The first-order valence-electron chi connectivity index (χ1n) is 4.14. The molecule has 0 bridgehead atoms. The molecule has 0 aliphatic carbocycles. The zero-order valence-corrected chi connectivity index (χ0v) is 12.0. The Bertz CT molecular complexity index is 326. The van der Waals surface area contributed by atoms with Gasteiger partial charge in [0, 0.05) is 4.90 Å². The maximum Gasteiger partial charge on any atom is 2.00 e.